The van der Waals surface area contributed by atoms with Crippen LogP contribution in [0.1, 0.15) is 36.0 Å². The number of hydrogen-bond donors (Lipinski definition) is 1. The Morgan fingerprint density at radius 1 is 0.867 bits per heavy atom. The highest BCUT2D eigenvalue weighted by Crippen LogP contribution is 2.31. The Hall–Kier alpha value is -3.04. The number of amides is 1. The van der Waals surface area contributed by atoms with Crippen molar-refractivity contribution < 1.29 is 40.7 Å². The van der Waals surface area contributed by atoms with Crippen LogP contribution in [0.2, 0.25) is 0 Å². The summed E-state index contributed by atoms with van der Waals surface area (Å²) < 4.78 is 85.4. The van der Waals surface area contributed by atoms with Crippen LogP contribution in [0.25, 0.3) is 0 Å². The molecule has 1 aliphatic carbocycles. The molecule has 30 heavy (non-hydrogen) atoms. The molecule has 0 heterocycles. The molecule has 4 nitrogen and oxygen atoms in total. The van der Waals surface area contributed by atoms with Gasteiger partial charge in [-0.15, -0.1) is 0 Å². The molecule has 1 N–H and O–H groups in total. The lowest BCUT2D eigenvalue weighted by molar-refractivity contribution is -0.138. The summed E-state index contributed by atoms with van der Waals surface area (Å²) in [5.41, 5.74) is -0.307. The van der Waals surface area contributed by atoms with Gasteiger partial charge in [-0.05, 0) is 37.0 Å². The zero-order valence-electron chi connectivity index (χ0n) is 15.3. The Morgan fingerprint density at radius 3 is 2.03 bits per heavy atom. The Balaban J connectivity index is 1.86. The molecular weight excluding hydrogens is 416 g/mol. The zero-order valence-corrected chi connectivity index (χ0v) is 15.3. The molecule has 3 rings (SSSR count). The van der Waals surface area contributed by atoms with E-state index in [1.54, 1.807) is 0 Å². The van der Waals surface area contributed by atoms with Crippen LogP contribution in [0, 0.1) is 40.8 Å². The second-order valence-corrected chi connectivity index (χ2v) is 6.84. The van der Waals surface area contributed by atoms with Crippen LogP contribution in [-0.4, -0.2) is 17.9 Å². The second-order valence-electron chi connectivity index (χ2n) is 6.84. The smallest absolute Gasteiger partial charge is 0.334 e. The van der Waals surface area contributed by atoms with E-state index in [0.29, 0.717) is 37.8 Å². The van der Waals surface area contributed by atoms with Crippen LogP contribution in [0.3, 0.4) is 0 Å². The topological polar surface area (TPSA) is 55.4 Å². The summed E-state index contributed by atoms with van der Waals surface area (Å²) in [5.74, 6) is -14.2. The molecule has 2 aromatic carbocycles. The second kappa shape index (κ2) is 8.76. The van der Waals surface area contributed by atoms with Gasteiger partial charge in [0.25, 0.3) is 5.91 Å². The Kier molecular flexibility index (Phi) is 6.33. The molecule has 0 bridgehead atoms. The van der Waals surface area contributed by atoms with Gasteiger partial charge in [0.05, 0.1) is 0 Å². The highest BCUT2D eigenvalue weighted by atomic mass is 19.2. The molecule has 0 aromatic heterocycles. The van der Waals surface area contributed by atoms with Crippen LogP contribution >= 0.6 is 0 Å². The highest BCUT2D eigenvalue weighted by Gasteiger charge is 2.35. The average Bonchev–Trinajstić information content (AvgIpc) is 3.24. The fourth-order valence-corrected chi connectivity index (χ4v) is 3.33. The van der Waals surface area contributed by atoms with Crippen molar-refractivity contribution in [3.63, 3.8) is 0 Å². The summed E-state index contributed by atoms with van der Waals surface area (Å²) in [7, 11) is 0. The lowest BCUT2D eigenvalue weighted by Gasteiger charge is -2.23. The third-order valence-electron chi connectivity index (χ3n) is 4.87. The van der Waals surface area contributed by atoms with Gasteiger partial charge in [-0.1, -0.05) is 12.8 Å². The molecule has 0 radical (unpaired) electrons. The standard InChI is InChI=1S/C20H15F6NO3/c21-11-6-5-10(7-12(11)22)19(28)27-17(9-3-1-2-4-9)20(29)30-18-15(25)13(23)8-14(24)16(18)26/h5-9,17H,1-4H2,(H,27,28). The van der Waals surface area contributed by atoms with Crippen molar-refractivity contribution >= 4 is 11.9 Å². The number of carbonyl (C=O) groups excluding carboxylic acids is 2. The van der Waals surface area contributed by atoms with Gasteiger partial charge in [0.1, 0.15) is 6.04 Å². The van der Waals surface area contributed by atoms with E-state index in [1.807, 2.05) is 0 Å². The zero-order chi connectivity index (χ0) is 22.0. The Morgan fingerprint density at radius 2 is 1.47 bits per heavy atom. The lowest BCUT2D eigenvalue weighted by Crippen LogP contribution is -2.47. The highest BCUT2D eigenvalue weighted by molar-refractivity contribution is 5.97. The summed E-state index contributed by atoms with van der Waals surface area (Å²) in [4.78, 5) is 25.0. The number of ether oxygens (including phenoxy) is 1. The van der Waals surface area contributed by atoms with Crippen LogP contribution < -0.4 is 10.1 Å². The van der Waals surface area contributed by atoms with Crippen molar-refractivity contribution in [2.24, 2.45) is 5.92 Å². The fraction of sp³-hybridized carbons (Fsp3) is 0.300. The molecule has 2 aromatic rings. The minimum atomic E-state index is -1.90. The van der Waals surface area contributed by atoms with Gasteiger partial charge < -0.3 is 10.1 Å². The van der Waals surface area contributed by atoms with Gasteiger partial charge in [-0.3, -0.25) is 4.79 Å². The third kappa shape index (κ3) is 4.42. The fourth-order valence-electron chi connectivity index (χ4n) is 3.33. The average molecular weight is 431 g/mol. The molecule has 1 aliphatic rings. The maximum atomic E-state index is 13.8. The Labute approximate surface area is 166 Å². The van der Waals surface area contributed by atoms with Crippen molar-refractivity contribution in [3.05, 3.63) is 64.7 Å². The molecule has 10 heteroatoms. The van der Waals surface area contributed by atoms with Crippen molar-refractivity contribution in [1.29, 1.82) is 0 Å². The van der Waals surface area contributed by atoms with Crippen LogP contribution in [0.15, 0.2) is 24.3 Å². The monoisotopic (exact) mass is 431 g/mol. The summed E-state index contributed by atoms with van der Waals surface area (Å²) in [5, 5.41) is 2.28. The molecule has 1 fully saturated rings. The molecule has 1 saturated carbocycles. The molecule has 160 valence electrons. The first-order valence-electron chi connectivity index (χ1n) is 8.99. The van der Waals surface area contributed by atoms with Gasteiger partial charge in [0.2, 0.25) is 17.4 Å². The summed E-state index contributed by atoms with van der Waals surface area (Å²) in [6.45, 7) is 0. The summed E-state index contributed by atoms with van der Waals surface area (Å²) >= 11 is 0. The van der Waals surface area contributed by atoms with Gasteiger partial charge in [-0.25, -0.2) is 22.4 Å². The molecule has 0 aliphatic heterocycles. The SMILES string of the molecule is O=C(NC(C(=O)Oc1c(F)c(F)cc(F)c1F)C1CCCC1)c1ccc(F)c(F)c1. The molecular formula is C20H15F6NO3. The van der Waals surface area contributed by atoms with Crippen molar-refractivity contribution in [1.82, 2.24) is 5.32 Å². The van der Waals surface area contributed by atoms with Gasteiger partial charge in [0, 0.05) is 11.6 Å². The van der Waals surface area contributed by atoms with Crippen molar-refractivity contribution in [2.75, 3.05) is 0 Å². The molecule has 1 atom stereocenters. The number of hydrogen-bond acceptors (Lipinski definition) is 3. The predicted molar refractivity (Wildman–Crippen MR) is 91.5 cm³/mol. The minimum absolute atomic E-state index is 0.0404. The summed E-state index contributed by atoms with van der Waals surface area (Å²) in [6, 6.07) is 0.835. The first kappa shape index (κ1) is 21.7. The van der Waals surface area contributed by atoms with E-state index in [9.17, 15) is 35.9 Å². The number of esters is 1. The summed E-state index contributed by atoms with van der Waals surface area (Å²) in [6.07, 6.45) is 2.32. The van der Waals surface area contributed by atoms with E-state index < -0.39 is 64.5 Å². The maximum absolute atomic E-state index is 13.8. The van der Waals surface area contributed by atoms with Gasteiger partial charge in [-0.2, -0.15) is 8.78 Å². The predicted octanol–water partition coefficient (Wildman–Crippen LogP) is 4.42. The molecule has 1 unspecified atom stereocenters. The van der Waals surface area contributed by atoms with Crippen LogP contribution in [0.4, 0.5) is 26.3 Å². The van der Waals surface area contributed by atoms with Crippen LogP contribution in [0.5, 0.6) is 5.75 Å². The maximum Gasteiger partial charge on any atom is 0.334 e. The normalized spacial score (nSPS) is 15.1. The quantitative estimate of drug-likeness (QED) is 0.330. The van der Waals surface area contributed by atoms with E-state index in [0.717, 1.165) is 6.07 Å². The third-order valence-corrected chi connectivity index (χ3v) is 4.87. The van der Waals surface area contributed by atoms with Gasteiger partial charge >= 0.3 is 5.97 Å². The minimum Gasteiger partial charge on any atom is -0.418 e. The number of rotatable bonds is 5. The van der Waals surface area contributed by atoms with E-state index in [-0.39, 0.29) is 11.6 Å². The Bertz CT molecular complexity index is 965. The molecule has 1 amide bonds. The first-order valence-corrected chi connectivity index (χ1v) is 8.99. The molecule has 0 spiro atoms. The number of halogens is 6. The first-order chi connectivity index (χ1) is 14.2. The van der Waals surface area contributed by atoms with E-state index >= 15 is 0 Å². The van der Waals surface area contributed by atoms with Crippen molar-refractivity contribution in [3.8, 4) is 5.75 Å². The lowest BCUT2D eigenvalue weighted by atomic mass is 9.97. The van der Waals surface area contributed by atoms with Crippen LogP contribution in [-0.2, 0) is 4.79 Å². The number of benzene rings is 2. The number of carbonyl (C=O) groups is 2. The van der Waals surface area contributed by atoms with E-state index in [2.05, 4.69) is 10.1 Å². The van der Waals surface area contributed by atoms with E-state index in [4.69, 9.17) is 0 Å². The van der Waals surface area contributed by atoms with Crippen molar-refractivity contribution in [2.45, 2.75) is 31.7 Å². The largest absolute Gasteiger partial charge is 0.418 e. The molecule has 0 saturated heterocycles. The van der Waals surface area contributed by atoms with Gasteiger partial charge in [0.15, 0.2) is 23.3 Å². The number of nitrogens with one attached hydrogen (secondary N) is 1. The van der Waals surface area contributed by atoms with E-state index in [1.165, 1.54) is 0 Å².